The summed E-state index contributed by atoms with van der Waals surface area (Å²) in [5.74, 6) is -0.125. The van der Waals surface area contributed by atoms with Crippen LogP contribution in [0.1, 0.15) is 41.6 Å². The van der Waals surface area contributed by atoms with E-state index in [1.807, 2.05) is 47.4 Å². The van der Waals surface area contributed by atoms with Crippen LogP contribution in [0.5, 0.6) is 0 Å². The summed E-state index contributed by atoms with van der Waals surface area (Å²) in [5, 5.41) is 0. The average Bonchev–Trinajstić information content (AvgIpc) is 3.19. The fourth-order valence-electron chi connectivity index (χ4n) is 3.98. The Morgan fingerprint density at radius 1 is 0.786 bits per heavy atom. The number of carbonyl (C=O) groups excluding carboxylic acids is 2. The number of halogens is 1. The van der Waals surface area contributed by atoms with Gasteiger partial charge in [0.25, 0.3) is 11.8 Å². The first-order chi connectivity index (χ1) is 13.6. The molecule has 2 aromatic rings. The van der Waals surface area contributed by atoms with Crippen molar-refractivity contribution in [1.29, 1.82) is 0 Å². The zero-order valence-electron chi connectivity index (χ0n) is 15.7. The quantitative estimate of drug-likeness (QED) is 0.695. The standard InChI is InChI=1S/C23H23BrN2O2/c24-19-11-9-18(10-12-19)22(27)26-16-13-20(17-7-3-1-4-8-17)21(26)23(28)25-14-5-2-6-15-25/h1,3-4,7-12H,2,5-6,13-16H2. The van der Waals surface area contributed by atoms with Crippen molar-refractivity contribution >= 4 is 33.3 Å². The Morgan fingerprint density at radius 3 is 2.14 bits per heavy atom. The minimum absolute atomic E-state index is 0.0125. The predicted molar refractivity (Wildman–Crippen MR) is 114 cm³/mol. The van der Waals surface area contributed by atoms with Gasteiger partial charge in [-0.25, -0.2) is 0 Å². The lowest BCUT2D eigenvalue weighted by molar-refractivity contribution is -0.129. The molecule has 4 nitrogen and oxygen atoms in total. The molecule has 0 N–H and O–H groups in total. The van der Waals surface area contributed by atoms with Crippen LogP contribution in [-0.4, -0.2) is 41.2 Å². The van der Waals surface area contributed by atoms with Crippen LogP contribution in [0.25, 0.3) is 5.57 Å². The molecule has 5 heteroatoms. The van der Waals surface area contributed by atoms with Gasteiger partial charge >= 0.3 is 0 Å². The summed E-state index contributed by atoms with van der Waals surface area (Å²) in [6.45, 7) is 2.07. The maximum Gasteiger partial charge on any atom is 0.270 e. The molecule has 2 aromatic carbocycles. The van der Waals surface area contributed by atoms with Gasteiger partial charge in [0.05, 0.1) is 0 Å². The van der Waals surface area contributed by atoms with Crippen LogP contribution >= 0.6 is 15.9 Å². The van der Waals surface area contributed by atoms with Gasteiger partial charge in [0.15, 0.2) is 0 Å². The largest absolute Gasteiger partial charge is 0.337 e. The first-order valence-electron chi connectivity index (χ1n) is 9.80. The van der Waals surface area contributed by atoms with Crippen molar-refractivity contribution in [1.82, 2.24) is 9.80 Å². The summed E-state index contributed by atoms with van der Waals surface area (Å²) in [5.41, 5.74) is 3.15. The fourth-order valence-corrected chi connectivity index (χ4v) is 4.24. The normalized spacial score (nSPS) is 17.2. The third-order valence-electron chi connectivity index (χ3n) is 5.45. The molecule has 0 atom stereocenters. The number of benzene rings is 2. The van der Waals surface area contributed by atoms with Gasteiger partial charge in [-0.2, -0.15) is 0 Å². The number of hydrogen-bond acceptors (Lipinski definition) is 2. The molecule has 2 amide bonds. The van der Waals surface area contributed by atoms with Gasteiger partial charge in [-0.1, -0.05) is 46.3 Å². The van der Waals surface area contributed by atoms with E-state index in [1.54, 1.807) is 17.0 Å². The monoisotopic (exact) mass is 438 g/mol. The van der Waals surface area contributed by atoms with Crippen molar-refractivity contribution in [3.05, 3.63) is 75.9 Å². The van der Waals surface area contributed by atoms with Crippen molar-refractivity contribution in [2.24, 2.45) is 0 Å². The first-order valence-corrected chi connectivity index (χ1v) is 10.6. The molecule has 144 valence electrons. The molecule has 2 aliphatic rings. The molecule has 0 spiro atoms. The van der Waals surface area contributed by atoms with Gasteiger partial charge < -0.3 is 9.80 Å². The van der Waals surface area contributed by atoms with E-state index < -0.39 is 0 Å². The molecular formula is C23H23BrN2O2. The number of piperidine rings is 1. The van der Waals surface area contributed by atoms with E-state index in [0.29, 0.717) is 24.2 Å². The Hall–Kier alpha value is -2.40. The highest BCUT2D eigenvalue weighted by Gasteiger charge is 2.35. The highest BCUT2D eigenvalue weighted by Crippen LogP contribution is 2.34. The van der Waals surface area contributed by atoms with Crippen LogP contribution in [0.4, 0.5) is 0 Å². The van der Waals surface area contributed by atoms with Gasteiger partial charge in [0.1, 0.15) is 5.70 Å². The Labute approximate surface area is 174 Å². The van der Waals surface area contributed by atoms with Crippen molar-refractivity contribution in [3.8, 4) is 0 Å². The second-order valence-electron chi connectivity index (χ2n) is 7.26. The summed E-state index contributed by atoms with van der Waals surface area (Å²) in [6, 6.07) is 17.3. The van der Waals surface area contributed by atoms with Crippen molar-refractivity contribution < 1.29 is 9.59 Å². The molecule has 0 aromatic heterocycles. The van der Waals surface area contributed by atoms with Crippen LogP contribution < -0.4 is 0 Å². The van der Waals surface area contributed by atoms with Crippen molar-refractivity contribution in [2.75, 3.05) is 19.6 Å². The van der Waals surface area contributed by atoms with E-state index in [-0.39, 0.29) is 11.8 Å². The molecule has 0 saturated carbocycles. The fraction of sp³-hybridized carbons (Fsp3) is 0.304. The minimum Gasteiger partial charge on any atom is -0.337 e. The molecule has 0 aliphatic carbocycles. The van der Waals surface area contributed by atoms with Crippen molar-refractivity contribution in [3.63, 3.8) is 0 Å². The summed E-state index contributed by atoms with van der Waals surface area (Å²) in [4.78, 5) is 30.3. The summed E-state index contributed by atoms with van der Waals surface area (Å²) >= 11 is 3.41. The molecule has 0 radical (unpaired) electrons. The number of hydrogen-bond donors (Lipinski definition) is 0. The zero-order valence-corrected chi connectivity index (χ0v) is 17.3. The highest BCUT2D eigenvalue weighted by atomic mass is 79.9. The second-order valence-corrected chi connectivity index (χ2v) is 8.18. The van der Waals surface area contributed by atoms with Gasteiger partial charge in [-0.15, -0.1) is 0 Å². The van der Waals surface area contributed by atoms with E-state index in [4.69, 9.17) is 0 Å². The molecule has 28 heavy (non-hydrogen) atoms. The molecule has 2 heterocycles. The van der Waals surface area contributed by atoms with E-state index in [9.17, 15) is 9.59 Å². The highest BCUT2D eigenvalue weighted by molar-refractivity contribution is 9.10. The molecule has 0 bridgehead atoms. The lowest BCUT2D eigenvalue weighted by atomic mass is 10.0. The minimum atomic E-state index is -0.112. The summed E-state index contributed by atoms with van der Waals surface area (Å²) in [6.07, 6.45) is 3.91. The van der Waals surface area contributed by atoms with E-state index in [2.05, 4.69) is 15.9 Å². The van der Waals surface area contributed by atoms with Gasteiger partial charge in [-0.05, 0) is 61.1 Å². The molecule has 0 unspecified atom stereocenters. The molecule has 2 aliphatic heterocycles. The third kappa shape index (κ3) is 3.76. The van der Waals surface area contributed by atoms with Gasteiger partial charge in [0, 0.05) is 29.7 Å². The number of carbonyl (C=O) groups is 2. The Kier molecular flexibility index (Phi) is 5.62. The Bertz CT molecular complexity index is 900. The van der Waals surface area contributed by atoms with E-state index in [1.165, 1.54) is 0 Å². The number of likely N-dealkylation sites (tertiary alicyclic amines) is 1. The first kappa shape index (κ1) is 18.9. The molecule has 4 rings (SSSR count). The number of amides is 2. The van der Waals surface area contributed by atoms with Crippen LogP contribution in [-0.2, 0) is 4.79 Å². The maximum absolute atomic E-state index is 13.5. The lowest BCUT2D eigenvalue weighted by Gasteiger charge is -2.30. The smallest absolute Gasteiger partial charge is 0.270 e. The van der Waals surface area contributed by atoms with Crippen LogP contribution in [0.2, 0.25) is 0 Å². The Balaban J connectivity index is 1.73. The lowest BCUT2D eigenvalue weighted by Crippen LogP contribution is -2.42. The zero-order chi connectivity index (χ0) is 19.5. The number of rotatable bonds is 3. The van der Waals surface area contributed by atoms with Crippen LogP contribution in [0.3, 0.4) is 0 Å². The second kappa shape index (κ2) is 8.31. The van der Waals surface area contributed by atoms with Crippen LogP contribution in [0, 0.1) is 0 Å². The summed E-state index contributed by atoms with van der Waals surface area (Å²) < 4.78 is 0.926. The molecule has 1 fully saturated rings. The van der Waals surface area contributed by atoms with E-state index >= 15 is 0 Å². The maximum atomic E-state index is 13.5. The van der Waals surface area contributed by atoms with Crippen molar-refractivity contribution in [2.45, 2.75) is 25.7 Å². The van der Waals surface area contributed by atoms with Crippen LogP contribution in [0.15, 0.2) is 64.8 Å². The third-order valence-corrected chi connectivity index (χ3v) is 5.97. The number of nitrogens with zero attached hydrogens (tertiary/aromatic N) is 2. The van der Waals surface area contributed by atoms with E-state index in [0.717, 1.165) is 48.0 Å². The SMILES string of the molecule is O=C(C1=C(c2ccccc2)CCN1C(=O)c1ccc(Br)cc1)N1CCCCC1. The average molecular weight is 439 g/mol. The Morgan fingerprint density at radius 2 is 1.46 bits per heavy atom. The van der Waals surface area contributed by atoms with Gasteiger partial charge in [0.2, 0.25) is 0 Å². The van der Waals surface area contributed by atoms with Gasteiger partial charge in [-0.3, -0.25) is 9.59 Å². The molecular weight excluding hydrogens is 416 g/mol. The topological polar surface area (TPSA) is 40.6 Å². The predicted octanol–water partition coefficient (Wildman–Crippen LogP) is 4.72. The molecule has 1 saturated heterocycles. The summed E-state index contributed by atoms with van der Waals surface area (Å²) in [7, 11) is 0.